The molecule has 3 nitrogen and oxygen atoms in total. The lowest BCUT2D eigenvalue weighted by atomic mass is 9.99. The number of fused-ring (bicyclic) bond motifs is 1. The molecule has 1 saturated carbocycles. The highest BCUT2D eigenvalue weighted by Crippen LogP contribution is 2.41. The highest BCUT2D eigenvalue weighted by atomic mass is 16.1. The fourth-order valence-electron chi connectivity index (χ4n) is 2.53. The van der Waals surface area contributed by atoms with Crippen LogP contribution in [0, 0.1) is 5.92 Å². The molecule has 0 amide bonds. The lowest BCUT2D eigenvalue weighted by molar-refractivity contribution is 0.111. The van der Waals surface area contributed by atoms with E-state index < -0.39 is 0 Å². The molecule has 2 heterocycles. The van der Waals surface area contributed by atoms with Crippen molar-refractivity contribution in [1.82, 2.24) is 9.55 Å². The molecule has 0 radical (unpaired) electrons. The summed E-state index contributed by atoms with van der Waals surface area (Å²) >= 11 is 0. The molecule has 0 aromatic carbocycles. The Bertz CT molecular complexity index is 404. The van der Waals surface area contributed by atoms with Crippen molar-refractivity contribution in [2.45, 2.75) is 45.1 Å². The summed E-state index contributed by atoms with van der Waals surface area (Å²) < 4.78 is 2.32. The zero-order valence-electron chi connectivity index (χ0n) is 9.07. The van der Waals surface area contributed by atoms with Crippen LogP contribution in [0.3, 0.4) is 0 Å². The average molecular weight is 204 g/mol. The second kappa shape index (κ2) is 3.19. The SMILES string of the molecule is CC1CCc2c(C=O)nc(C3CC3)n2C1. The lowest BCUT2D eigenvalue weighted by Gasteiger charge is -2.22. The maximum Gasteiger partial charge on any atom is 0.170 e. The Morgan fingerprint density at radius 1 is 1.40 bits per heavy atom. The number of carbonyl (C=O) groups excluding carboxylic acids is 1. The number of imidazole rings is 1. The van der Waals surface area contributed by atoms with Crippen LogP contribution in [0.1, 0.15) is 54.1 Å². The van der Waals surface area contributed by atoms with Crippen LogP contribution >= 0.6 is 0 Å². The summed E-state index contributed by atoms with van der Waals surface area (Å²) in [6.45, 7) is 3.34. The third-order valence-electron chi connectivity index (χ3n) is 3.56. The first-order chi connectivity index (χ1) is 7.29. The standard InChI is InChI=1S/C12H16N2O/c1-8-2-5-11-10(7-15)13-12(9-3-4-9)14(11)6-8/h7-9H,2-6H2,1H3. The van der Waals surface area contributed by atoms with E-state index in [0.29, 0.717) is 11.6 Å². The third kappa shape index (κ3) is 1.41. The van der Waals surface area contributed by atoms with Gasteiger partial charge in [-0.1, -0.05) is 6.92 Å². The van der Waals surface area contributed by atoms with Crippen LogP contribution in [0.25, 0.3) is 0 Å². The zero-order valence-corrected chi connectivity index (χ0v) is 9.07. The molecule has 2 aliphatic rings. The molecule has 0 saturated heterocycles. The van der Waals surface area contributed by atoms with Gasteiger partial charge in [-0.15, -0.1) is 0 Å². The molecule has 1 aliphatic heterocycles. The van der Waals surface area contributed by atoms with Gasteiger partial charge in [0, 0.05) is 18.2 Å². The average Bonchev–Trinajstić information content (AvgIpc) is 3.00. The molecular weight excluding hydrogens is 188 g/mol. The van der Waals surface area contributed by atoms with E-state index >= 15 is 0 Å². The Morgan fingerprint density at radius 3 is 2.87 bits per heavy atom. The Balaban J connectivity index is 2.08. The largest absolute Gasteiger partial charge is 0.331 e. The quantitative estimate of drug-likeness (QED) is 0.692. The molecule has 15 heavy (non-hydrogen) atoms. The van der Waals surface area contributed by atoms with E-state index in [4.69, 9.17) is 0 Å². The molecule has 1 aromatic rings. The molecule has 1 aliphatic carbocycles. The van der Waals surface area contributed by atoms with Crippen LogP contribution in [0.4, 0.5) is 0 Å². The topological polar surface area (TPSA) is 34.9 Å². The van der Waals surface area contributed by atoms with Gasteiger partial charge in [0.1, 0.15) is 11.5 Å². The van der Waals surface area contributed by atoms with Gasteiger partial charge >= 0.3 is 0 Å². The summed E-state index contributed by atoms with van der Waals surface area (Å²) in [4.78, 5) is 15.4. The summed E-state index contributed by atoms with van der Waals surface area (Å²) in [6, 6.07) is 0. The van der Waals surface area contributed by atoms with Gasteiger partial charge in [0.2, 0.25) is 0 Å². The maximum absolute atomic E-state index is 10.9. The molecule has 3 rings (SSSR count). The van der Waals surface area contributed by atoms with Crippen LogP contribution in [0.5, 0.6) is 0 Å². The van der Waals surface area contributed by atoms with Gasteiger partial charge in [0.25, 0.3) is 0 Å². The Morgan fingerprint density at radius 2 is 2.20 bits per heavy atom. The van der Waals surface area contributed by atoms with E-state index in [1.165, 1.54) is 30.8 Å². The highest BCUT2D eigenvalue weighted by molar-refractivity contribution is 5.74. The molecule has 0 spiro atoms. The van der Waals surface area contributed by atoms with Crippen LogP contribution < -0.4 is 0 Å². The molecule has 1 atom stereocenters. The first-order valence-corrected chi connectivity index (χ1v) is 5.84. The van der Waals surface area contributed by atoms with E-state index in [1.807, 2.05) is 0 Å². The summed E-state index contributed by atoms with van der Waals surface area (Å²) in [5.74, 6) is 2.55. The molecule has 1 fully saturated rings. The number of carbonyl (C=O) groups is 1. The summed E-state index contributed by atoms with van der Waals surface area (Å²) in [6.07, 6.45) is 5.64. The predicted octanol–water partition coefficient (Wildman–Crippen LogP) is 2.16. The van der Waals surface area contributed by atoms with Crippen LogP contribution in [-0.2, 0) is 13.0 Å². The van der Waals surface area contributed by atoms with Gasteiger partial charge in [0.15, 0.2) is 6.29 Å². The molecular formula is C12H16N2O. The Kier molecular flexibility index (Phi) is 1.94. The molecule has 80 valence electrons. The Hall–Kier alpha value is -1.12. The molecule has 1 aromatic heterocycles. The number of aldehydes is 1. The van der Waals surface area contributed by atoms with Crippen molar-refractivity contribution in [3.8, 4) is 0 Å². The number of hydrogen-bond donors (Lipinski definition) is 0. The van der Waals surface area contributed by atoms with Crippen molar-refractivity contribution in [3.63, 3.8) is 0 Å². The normalized spacial score (nSPS) is 25.0. The summed E-state index contributed by atoms with van der Waals surface area (Å²) in [5, 5.41) is 0. The van der Waals surface area contributed by atoms with Gasteiger partial charge in [0.05, 0.1) is 0 Å². The van der Waals surface area contributed by atoms with Crippen molar-refractivity contribution in [3.05, 3.63) is 17.2 Å². The monoisotopic (exact) mass is 204 g/mol. The van der Waals surface area contributed by atoms with Crippen molar-refractivity contribution in [2.75, 3.05) is 0 Å². The lowest BCUT2D eigenvalue weighted by Crippen LogP contribution is -2.19. The van der Waals surface area contributed by atoms with Crippen LogP contribution in [0.15, 0.2) is 0 Å². The number of rotatable bonds is 2. The van der Waals surface area contributed by atoms with Gasteiger partial charge in [-0.3, -0.25) is 4.79 Å². The fraction of sp³-hybridized carbons (Fsp3) is 0.667. The van der Waals surface area contributed by atoms with Crippen molar-refractivity contribution < 1.29 is 4.79 Å². The number of hydrogen-bond acceptors (Lipinski definition) is 2. The highest BCUT2D eigenvalue weighted by Gasteiger charge is 2.32. The summed E-state index contributed by atoms with van der Waals surface area (Å²) in [5.41, 5.74) is 1.88. The van der Waals surface area contributed by atoms with E-state index in [2.05, 4.69) is 16.5 Å². The van der Waals surface area contributed by atoms with Crippen LogP contribution in [-0.4, -0.2) is 15.8 Å². The molecule has 3 heteroatoms. The smallest absolute Gasteiger partial charge is 0.170 e. The van der Waals surface area contributed by atoms with Gasteiger partial charge in [-0.2, -0.15) is 0 Å². The van der Waals surface area contributed by atoms with Crippen molar-refractivity contribution in [2.24, 2.45) is 5.92 Å². The van der Waals surface area contributed by atoms with E-state index in [9.17, 15) is 4.79 Å². The van der Waals surface area contributed by atoms with Crippen molar-refractivity contribution in [1.29, 1.82) is 0 Å². The number of nitrogens with zero attached hydrogens (tertiary/aromatic N) is 2. The van der Waals surface area contributed by atoms with Crippen molar-refractivity contribution >= 4 is 6.29 Å². The van der Waals surface area contributed by atoms with Crippen LogP contribution in [0.2, 0.25) is 0 Å². The minimum absolute atomic E-state index is 0.641. The first-order valence-electron chi connectivity index (χ1n) is 5.84. The summed E-state index contributed by atoms with van der Waals surface area (Å²) in [7, 11) is 0. The third-order valence-corrected chi connectivity index (χ3v) is 3.56. The molecule has 0 bridgehead atoms. The predicted molar refractivity (Wildman–Crippen MR) is 57.1 cm³/mol. The second-order valence-corrected chi connectivity index (χ2v) is 4.95. The fourth-order valence-corrected chi connectivity index (χ4v) is 2.53. The van der Waals surface area contributed by atoms with Gasteiger partial charge in [-0.05, 0) is 31.6 Å². The van der Waals surface area contributed by atoms with Gasteiger partial charge in [-0.25, -0.2) is 4.98 Å². The zero-order chi connectivity index (χ0) is 10.4. The first kappa shape index (κ1) is 9.13. The number of aromatic nitrogens is 2. The minimum Gasteiger partial charge on any atom is -0.331 e. The maximum atomic E-state index is 10.9. The minimum atomic E-state index is 0.641. The van der Waals surface area contributed by atoms with E-state index in [1.54, 1.807) is 0 Å². The molecule has 1 unspecified atom stereocenters. The molecule has 0 N–H and O–H groups in total. The van der Waals surface area contributed by atoms with E-state index in [-0.39, 0.29) is 0 Å². The Labute approximate surface area is 89.5 Å². The van der Waals surface area contributed by atoms with E-state index in [0.717, 1.165) is 25.2 Å². The second-order valence-electron chi connectivity index (χ2n) is 4.95. The van der Waals surface area contributed by atoms with Gasteiger partial charge < -0.3 is 4.57 Å².